The van der Waals surface area contributed by atoms with Gasteiger partial charge in [-0.3, -0.25) is 0 Å². The molecular formula is C4H3IO2. The van der Waals surface area contributed by atoms with Crippen molar-refractivity contribution >= 4 is 28.6 Å². The lowest BCUT2D eigenvalue weighted by molar-refractivity contribution is -0.134. The lowest BCUT2D eigenvalue weighted by atomic mass is 10.6. The molecule has 0 saturated heterocycles. The number of hydrogen-bond acceptors (Lipinski definition) is 2. The predicted molar refractivity (Wildman–Crippen MR) is 33.1 cm³/mol. The van der Waals surface area contributed by atoms with E-state index in [0.717, 1.165) is 3.58 Å². The molecule has 2 nitrogen and oxygen atoms in total. The Morgan fingerprint density at radius 1 is 1.86 bits per heavy atom. The van der Waals surface area contributed by atoms with Gasteiger partial charge in [0.25, 0.3) is 0 Å². The summed E-state index contributed by atoms with van der Waals surface area (Å²) in [5, 5.41) is 0. The first-order chi connectivity index (χ1) is 3.29. The molecule has 0 aromatic carbocycles. The number of rotatable bonds is 0. The molecule has 0 radical (unpaired) electrons. The molecule has 1 rings (SSSR count). The Hall–Kier alpha value is -0.0600. The van der Waals surface area contributed by atoms with Crippen LogP contribution in [0.15, 0.2) is 9.66 Å². The number of carbonyl (C=O) groups excluding carboxylic acids is 1. The molecule has 0 fully saturated rings. The van der Waals surface area contributed by atoms with Gasteiger partial charge in [-0.15, -0.1) is 0 Å². The van der Waals surface area contributed by atoms with Gasteiger partial charge in [0, 0.05) is 9.66 Å². The second-order valence-corrected chi connectivity index (χ2v) is 2.58. The summed E-state index contributed by atoms with van der Waals surface area (Å²) in [4.78, 5) is 10.2. The van der Waals surface area contributed by atoms with Crippen LogP contribution in [0.3, 0.4) is 0 Å². The van der Waals surface area contributed by atoms with Crippen molar-refractivity contribution in [2.75, 3.05) is 6.61 Å². The van der Waals surface area contributed by atoms with Gasteiger partial charge in [0.15, 0.2) is 0 Å². The van der Waals surface area contributed by atoms with Crippen molar-refractivity contribution < 1.29 is 9.53 Å². The molecule has 1 aliphatic heterocycles. The summed E-state index contributed by atoms with van der Waals surface area (Å²) in [5.74, 6) is -0.218. The van der Waals surface area contributed by atoms with Gasteiger partial charge in [0.05, 0.1) is 0 Å². The molecule has 3 heteroatoms. The molecule has 0 bridgehead atoms. The Kier molecular flexibility index (Phi) is 1.32. The van der Waals surface area contributed by atoms with Gasteiger partial charge in [-0.1, -0.05) is 0 Å². The topological polar surface area (TPSA) is 26.3 Å². The average Bonchev–Trinajstić information content (AvgIpc) is 1.87. The van der Waals surface area contributed by atoms with E-state index in [2.05, 4.69) is 27.3 Å². The third-order valence-corrected chi connectivity index (χ3v) is 1.25. The second-order valence-electron chi connectivity index (χ2n) is 1.20. The van der Waals surface area contributed by atoms with Gasteiger partial charge >= 0.3 is 5.97 Å². The first-order valence-electron chi connectivity index (χ1n) is 1.82. The summed E-state index contributed by atoms with van der Waals surface area (Å²) in [6.45, 7) is 0.472. The zero-order chi connectivity index (χ0) is 5.28. The largest absolute Gasteiger partial charge is 0.457 e. The van der Waals surface area contributed by atoms with Crippen LogP contribution < -0.4 is 0 Å². The van der Waals surface area contributed by atoms with Gasteiger partial charge in [-0.2, -0.15) is 0 Å². The zero-order valence-electron chi connectivity index (χ0n) is 3.48. The van der Waals surface area contributed by atoms with E-state index in [1.165, 1.54) is 6.08 Å². The summed E-state index contributed by atoms with van der Waals surface area (Å²) in [6.07, 6.45) is 1.49. The Morgan fingerprint density at radius 2 is 2.57 bits per heavy atom. The number of esters is 1. The summed E-state index contributed by atoms with van der Waals surface area (Å²) in [5.41, 5.74) is 0. The summed E-state index contributed by atoms with van der Waals surface area (Å²) >= 11 is 2.06. The molecule has 0 saturated carbocycles. The van der Waals surface area contributed by atoms with Crippen molar-refractivity contribution in [2.45, 2.75) is 0 Å². The van der Waals surface area contributed by atoms with Crippen LogP contribution in [0.4, 0.5) is 0 Å². The molecule has 1 heterocycles. The van der Waals surface area contributed by atoms with Crippen LogP contribution in [0.5, 0.6) is 0 Å². The lowest BCUT2D eigenvalue weighted by Crippen LogP contribution is -1.89. The van der Waals surface area contributed by atoms with Crippen molar-refractivity contribution in [1.82, 2.24) is 0 Å². The van der Waals surface area contributed by atoms with E-state index in [1.54, 1.807) is 0 Å². The molecule has 0 spiro atoms. The van der Waals surface area contributed by atoms with E-state index >= 15 is 0 Å². The SMILES string of the molecule is O=C1C=C(I)CO1. The van der Waals surface area contributed by atoms with Crippen LogP contribution in [-0.2, 0) is 9.53 Å². The van der Waals surface area contributed by atoms with Gasteiger partial charge in [0.2, 0.25) is 0 Å². The van der Waals surface area contributed by atoms with Crippen molar-refractivity contribution in [2.24, 2.45) is 0 Å². The van der Waals surface area contributed by atoms with Gasteiger partial charge in [-0.25, -0.2) is 4.79 Å². The number of cyclic esters (lactones) is 1. The maximum Gasteiger partial charge on any atom is 0.331 e. The highest BCUT2D eigenvalue weighted by atomic mass is 127. The number of carbonyl (C=O) groups is 1. The summed E-state index contributed by atoms with van der Waals surface area (Å²) in [7, 11) is 0. The predicted octanol–water partition coefficient (Wildman–Crippen LogP) is 0.862. The molecule has 0 N–H and O–H groups in total. The monoisotopic (exact) mass is 210 g/mol. The molecule has 0 unspecified atom stereocenters. The van der Waals surface area contributed by atoms with E-state index < -0.39 is 0 Å². The minimum absolute atomic E-state index is 0.218. The van der Waals surface area contributed by atoms with Crippen LogP contribution in [0, 0.1) is 0 Å². The maximum absolute atomic E-state index is 10.2. The van der Waals surface area contributed by atoms with Crippen LogP contribution in [0.1, 0.15) is 0 Å². The van der Waals surface area contributed by atoms with Crippen LogP contribution >= 0.6 is 22.6 Å². The average molecular weight is 210 g/mol. The first-order valence-corrected chi connectivity index (χ1v) is 2.90. The second kappa shape index (κ2) is 1.81. The normalized spacial score (nSPS) is 19.0. The smallest absolute Gasteiger partial charge is 0.331 e. The first kappa shape index (κ1) is 5.08. The third-order valence-electron chi connectivity index (χ3n) is 0.627. The molecule has 0 amide bonds. The van der Waals surface area contributed by atoms with Gasteiger partial charge in [-0.05, 0) is 22.6 Å². The molecule has 0 atom stereocenters. The van der Waals surface area contributed by atoms with Crippen molar-refractivity contribution in [3.05, 3.63) is 9.66 Å². The van der Waals surface area contributed by atoms with Crippen molar-refractivity contribution in [3.63, 3.8) is 0 Å². The highest BCUT2D eigenvalue weighted by molar-refractivity contribution is 14.1. The molecule has 38 valence electrons. The molecular weight excluding hydrogens is 207 g/mol. The van der Waals surface area contributed by atoms with Crippen molar-refractivity contribution in [1.29, 1.82) is 0 Å². The fraction of sp³-hybridized carbons (Fsp3) is 0.250. The summed E-state index contributed by atoms with van der Waals surface area (Å²) < 4.78 is 5.50. The molecule has 7 heavy (non-hydrogen) atoms. The lowest BCUT2D eigenvalue weighted by Gasteiger charge is -1.84. The Balaban J connectivity index is 2.67. The zero-order valence-corrected chi connectivity index (χ0v) is 5.64. The van der Waals surface area contributed by atoms with Crippen LogP contribution in [0.25, 0.3) is 0 Å². The highest BCUT2D eigenvalue weighted by Gasteiger charge is 2.07. The van der Waals surface area contributed by atoms with E-state index in [9.17, 15) is 4.79 Å². The van der Waals surface area contributed by atoms with E-state index in [-0.39, 0.29) is 5.97 Å². The number of ether oxygens (including phenoxy) is 1. The quantitative estimate of drug-likeness (QED) is 0.437. The fourth-order valence-electron chi connectivity index (χ4n) is 0.351. The molecule has 0 aliphatic carbocycles. The Bertz CT molecular complexity index is 128. The number of hydrogen-bond donors (Lipinski definition) is 0. The standard InChI is InChI=1S/C4H3IO2/c5-3-1-4(6)7-2-3/h1H,2H2. The Labute approximate surface area is 54.7 Å². The third kappa shape index (κ3) is 1.15. The van der Waals surface area contributed by atoms with Crippen LogP contribution in [-0.4, -0.2) is 12.6 Å². The van der Waals surface area contributed by atoms with Crippen LogP contribution in [0.2, 0.25) is 0 Å². The van der Waals surface area contributed by atoms with E-state index in [4.69, 9.17) is 0 Å². The minimum atomic E-state index is -0.218. The Morgan fingerprint density at radius 3 is 2.71 bits per heavy atom. The molecule has 0 aromatic rings. The minimum Gasteiger partial charge on any atom is -0.457 e. The van der Waals surface area contributed by atoms with E-state index in [1.807, 2.05) is 0 Å². The molecule has 0 aromatic heterocycles. The summed E-state index contributed by atoms with van der Waals surface area (Å²) in [6, 6.07) is 0. The van der Waals surface area contributed by atoms with E-state index in [0.29, 0.717) is 6.61 Å². The fourth-order valence-corrected chi connectivity index (χ4v) is 0.761. The van der Waals surface area contributed by atoms with Gasteiger partial charge in [0.1, 0.15) is 6.61 Å². The highest BCUT2D eigenvalue weighted by Crippen LogP contribution is 2.11. The van der Waals surface area contributed by atoms with Gasteiger partial charge < -0.3 is 4.74 Å². The number of halogens is 1. The maximum atomic E-state index is 10.2. The molecule has 1 aliphatic rings. The van der Waals surface area contributed by atoms with Crippen molar-refractivity contribution in [3.8, 4) is 0 Å².